The Morgan fingerprint density at radius 1 is 1.19 bits per heavy atom. The van der Waals surface area contributed by atoms with E-state index in [2.05, 4.69) is 39.7 Å². The molecule has 0 bridgehead atoms. The van der Waals surface area contributed by atoms with Crippen LogP contribution in [0.3, 0.4) is 0 Å². The van der Waals surface area contributed by atoms with Crippen LogP contribution in [0.2, 0.25) is 0 Å². The van der Waals surface area contributed by atoms with E-state index in [1.165, 1.54) is 0 Å². The van der Waals surface area contributed by atoms with Crippen LogP contribution < -0.4 is 23.6 Å². The number of hydrogen-bond donors (Lipinski definition) is 0. The first kappa shape index (κ1) is 27.9. The predicted octanol–water partition coefficient (Wildman–Crippen LogP) is 1.40. The van der Waals surface area contributed by atoms with Crippen molar-refractivity contribution in [2.75, 3.05) is 34.4 Å². The van der Waals surface area contributed by atoms with Crippen molar-refractivity contribution in [3.8, 4) is 5.75 Å². The first-order valence-corrected chi connectivity index (χ1v) is 10.7. The number of hydrazone groups is 1. The SMILES string of the molecule is [CH2-]/C(=N\N(C)C)[C@H](C)[C@H](OCc1ccc(OC)cc1)[C@H](C)CC1OCC(C)(C)CO1.[Li+]. The number of benzene rings is 1. The van der Waals surface area contributed by atoms with Crippen LogP contribution in [-0.4, -0.2) is 57.5 Å². The van der Waals surface area contributed by atoms with Crippen LogP contribution in [0, 0.1) is 24.2 Å². The van der Waals surface area contributed by atoms with Crippen molar-refractivity contribution in [2.45, 2.75) is 53.1 Å². The molecule has 0 amide bonds. The number of nitrogens with zero attached hydrogens (tertiary/aromatic N) is 2. The van der Waals surface area contributed by atoms with E-state index in [1.54, 1.807) is 12.1 Å². The molecule has 1 saturated heterocycles. The van der Waals surface area contributed by atoms with Gasteiger partial charge in [0.25, 0.3) is 0 Å². The molecule has 0 saturated carbocycles. The topological polar surface area (TPSA) is 52.5 Å². The van der Waals surface area contributed by atoms with Gasteiger partial charge in [0.1, 0.15) is 5.75 Å². The number of hydrogen-bond acceptors (Lipinski definition) is 6. The van der Waals surface area contributed by atoms with Gasteiger partial charge in [0.05, 0.1) is 33.0 Å². The van der Waals surface area contributed by atoms with E-state index in [4.69, 9.17) is 18.9 Å². The summed E-state index contributed by atoms with van der Waals surface area (Å²) in [5.41, 5.74) is 1.97. The van der Waals surface area contributed by atoms with Crippen LogP contribution in [-0.2, 0) is 20.8 Å². The molecule has 1 heterocycles. The summed E-state index contributed by atoms with van der Waals surface area (Å²) in [6.45, 7) is 14.7. The van der Waals surface area contributed by atoms with Gasteiger partial charge in [-0.3, -0.25) is 0 Å². The van der Waals surface area contributed by atoms with E-state index < -0.39 is 0 Å². The van der Waals surface area contributed by atoms with Crippen LogP contribution in [0.15, 0.2) is 29.4 Å². The van der Waals surface area contributed by atoms with Crippen LogP contribution >= 0.6 is 0 Å². The van der Waals surface area contributed by atoms with Crippen molar-refractivity contribution in [3.05, 3.63) is 36.8 Å². The van der Waals surface area contributed by atoms with Crippen LogP contribution in [0.4, 0.5) is 0 Å². The molecule has 1 aliphatic heterocycles. The summed E-state index contributed by atoms with van der Waals surface area (Å²) in [5, 5.41) is 6.28. The molecular weight excluding hydrogens is 387 g/mol. The Kier molecular flexibility index (Phi) is 11.5. The molecule has 0 spiro atoms. The minimum atomic E-state index is -0.202. The van der Waals surface area contributed by atoms with Gasteiger partial charge in [0, 0.05) is 25.9 Å². The van der Waals surface area contributed by atoms with Crippen molar-refractivity contribution in [1.29, 1.82) is 0 Å². The Hall–Kier alpha value is -1.16. The predicted molar refractivity (Wildman–Crippen MR) is 120 cm³/mol. The van der Waals surface area contributed by atoms with E-state index in [-0.39, 0.29) is 48.5 Å². The third-order valence-electron chi connectivity index (χ3n) is 5.39. The third kappa shape index (κ3) is 9.08. The van der Waals surface area contributed by atoms with E-state index in [0.29, 0.717) is 19.8 Å². The Morgan fingerprint density at radius 3 is 2.29 bits per heavy atom. The second-order valence-corrected chi connectivity index (χ2v) is 9.28. The molecule has 3 atom stereocenters. The first-order chi connectivity index (χ1) is 14.1. The summed E-state index contributed by atoms with van der Waals surface area (Å²) in [6.07, 6.45) is 0.500. The summed E-state index contributed by atoms with van der Waals surface area (Å²) in [4.78, 5) is 0. The maximum atomic E-state index is 6.42. The maximum absolute atomic E-state index is 6.42. The van der Waals surface area contributed by atoms with Gasteiger partial charge in [-0.05, 0) is 29.5 Å². The molecule has 1 aliphatic rings. The van der Waals surface area contributed by atoms with Gasteiger partial charge in [-0.25, -0.2) is 5.10 Å². The third-order valence-corrected chi connectivity index (χ3v) is 5.39. The molecule has 1 aromatic rings. The minimum Gasteiger partial charge on any atom is -0.497 e. The van der Waals surface area contributed by atoms with E-state index in [9.17, 15) is 0 Å². The van der Waals surface area contributed by atoms with Gasteiger partial charge >= 0.3 is 18.9 Å². The Labute approximate surface area is 200 Å². The van der Waals surface area contributed by atoms with Crippen molar-refractivity contribution in [1.82, 2.24) is 5.01 Å². The fraction of sp³-hybridized carbons (Fsp3) is 0.667. The summed E-state index contributed by atoms with van der Waals surface area (Å²) >= 11 is 0. The molecule has 170 valence electrons. The zero-order valence-electron chi connectivity index (χ0n) is 20.7. The number of rotatable bonds is 10. The normalized spacial score (nSPS) is 19.8. The molecule has 0 aliphatic carbocycles. The van der Waals surface area contributed by atoms with Gasteiger partial charge in [0.2, 0.25) is 0 Å². The molecule has 0 N–H and O–H groups in total. The maximum Gasteiger partial charge on any atom is 1.00 e. The molecule has 1 aromatic carbocycles. The van der Waals surface area contributed by atoms with Crippen LogP contribution in [0.25, 0.3) is 0 Å². The molecule has 0 unspecified atom stereocenters. The van der Waals surface area contributed by atoms with E-state index in [0.717, 1.165) is 23.4 Å². The Balaban J connectivity index is 0.00000480. The summed E-state index contributed by atoms with van der Waals surface area (Å²) < 4.78 is 23.6. The van der Waals surface area contributed by atoms with Crippen LogP contribution in [0.5, 0.6) is 5.75 Å². The zero-order valence-corrected chi connectivity index (χ0v) is 20.7. The van der Waals surface area contributed by atoms with Gasteiger partial charge < -0.3 is 30.9 Å². The first-order valence-electron chi connectivity index (χ1n) is 10.7. The molecule has 31 heavy (non-hydrogen) atoms. The summed E-state index contributed by atoms with van der Waals surface area (Å²) in [6, 6.07) is 7.96. The van der Waals surface area contributed by atoms with Gasteiger partial charge in [0.15, 0.2) is 6.29 Å². The molecular formula is C24H39LiN2O4. The molecule has 6 nitrogen and oxygen atoms in total. The van der Waals surface area contributed by atoms with Crippen molar-refractivity contribution in [2.24, 2.45) is 22.4 Å². The van der Waals surface area contributed by atoms with E-state index in [1.807, 2.05) is 38.4 Å². The van der Waals surface area contributed by atoms with Gasteiger partial charge in [-0.2, -0.15) is 0 Å². The van der Waals surface area contributed by atoms with Gasteiger partial charge in [-0.15, -0.1) is 0 Å². The second kappa shape index (κ2) is 12.8. The van der Waals surface area contributed by atoms with Gasteiger partial charge in [-0.1, -0.05) is 45.5 Å². The average molecular weight is 427 g/mol. The van der Waals surface area contributed by atoms with Crippen LogP contribution in [0.1, 0.15) is 39.7 Å². The van der Waals surface area contributed by atoms with Crippen molar-refractivity contribution in [3.63, 3.8) is 0 Å². The Morgan fingerprint density at radius 2 is 1.77 bits per heavy atom. The molecule has 7 heteroatoms. The quantitative estimate of drug-likeness (QED) is 0.245. The van der Waals surface area contributed by atoms with Crippen molar-refractivity contribution < 1.29 is 37.8 Å². The molecule has 0 radical (unpaired) electrons. The van der Waals surface area contributed by atoms with Crippen molar-refractivity contribution >= 4 is 5.71 Å². The second-order valence-electron chi connectivity index (χ2n) is 9.28. The standard InChI is InChI=1S/C24H39N2O4.Li/c1-17(13-22-29-15-24(4,5)16-30-22)23(18(2)19(3)25-26(6)7)28-14-20-9-11-21(27-8)12-10-20;/h9-12,17-18,22-23H,3,13-16H2,1-2,4-8H3;/q-1;+1/b25-19+;/t17-,18+,23-;/m1./s1. The molecule has 2 rings (SSSR count). The fourth-order valence-electron chi connectivity index (χ4n) is 3.55. The zero-order chi connectivity index (χ0) is 22.3. The summed E-state index contributed by atoms with van der Waals surface area (Å²) in [5.74, 6) is 1.10. The monoisotopic (exact) mass is 426 g/mol. The number of ether oxygens (including phenoxy) is 4. The molecule has 0 aromatic heterocycles. The minimum absolute atomic E-state index is 0. The average Bonchev–Trinajstić information content (AvgIpc) is 2.69. The van der Waals surface area contributed by atoms with E-state index >= 15 is 0 Å². The Bertz CT molecular complexity index is 669. The summed E-state index contributed by atoms with van der Waals surface area (Å²) in [7, 11) is 5.47. The fourth-order valence-corrected chi connectivity index (χ4v) is 3.55. The smallest absolute Gasteiger partial charge is 0.497 e. The number of methoxy groups -OCH3 is 1. The largest absolute Gasteiger partial charge is 1.00 e. The molecule has 1 fully saturated rings.